The van der Waals surface area contributed by atoms with Crippen molar-refractivity contribution >= 4 is 5.91 Å². The maximum atomic E-state index is 12.3. The van der Waals surface area contributed by atoms with E-state index >= 15 is 0 Å². The molecule has 0 aliphatic carbocycles. The van der Waals surface area contributed by atoms with Gasteiger partial charge >= 0.3 is 0 Å². The van der Waals surface area contributed by atoms with Gasteiger partial charge in [-0.3, -0.25) is 9.48 Å². The number of carbonyl (C=O) groups excluding carboxylic acids is 1. The summed E-state index contributed by atoms with van der Waals surface area (Å²) in [7, 11) is 0. The zero-order chi connectivity index (χ0) is 16.1. The number of nitrogens with zero attached hydrogens (tertiary/aromatic N) is 4. The highest BCUT2D eigenvalue weighted by molar-refractivity contribution is 5.94. The Labute approximate surface area is 134 Å². The van der Waals surface area contributed by atoms with Crippen LogP contribution in [0.4, 0.5) is 0 Å². The summed E-state index contributed by atoms with van der Waals surface area (Å²) < 4.78 is 3.79. The lowest BCUT2D eigenvalue weighted by atomic mass is 10.1. The Balaban J connectivity index is 1.56. The van der Waals surface area contributed by atoms with Gasteiger partial charge in [-0.2, -0.15) is 5.10 Å². The summed E-state index contributed by atoms with van der Waals surface area (Å²) in [5.41, 5.74) is 1.77. The van der Waals surface area contributed by atoms with Crippen molar-refractivity contribution in [2.75, 3.05) is 0 Å². The van der Waals surface area contributed by atoms with E-state index in [-0.39, 0.29) is 11.9 Å². The van der Waals surface area contributed by atoms with Gasteiger partial charge in [0.15, 0.2) is 0 Å². The van der Waals surface area contributed by atoms with Crippen LogP contribution in [0.5, 0.6) is 0 Å². The highest BCUT2D eigenvalue weighted by atomic mass is 16.1. The topological polar surface area (TPSA) is 64.7 Å². The van der Waals surface area contributed by atoms with Crippen molar-refractivity contribution in [1.29, 1.82) is 0 Å². The van der Waals surface area contributed by atoms with Gasteiger partial charge in [-0.05, 0) is 30.7 Å². The molecule has 0 saturated carbocycles. The molecule has 0 radical (unpaired) electrons. The molecule has 2 heterocycles. The maximum Gasteiger partial charge on any atom is 0.251 e. The van der Waals surface area contributed by atoms with Crippen LogP contribution in [0.3, 0.4) is 0 Å². The molecule has 2 aromatic heterocycles. The Morgan fingerprint density at radius 1 is 1.22 bits per heavy atom. The van der Waals surface area contributed by atoms with Crippen LogP contribution in [0.1, 0.15) is 22.8 Å². The van der Waals surface area contributed by atoms with Crippen molar-refractivity contribution in [3.63, 3.8) is 0 Å². The minimum absolute atomic E-state index is 0.0282. The van der Waals surface area contributed by atoms with Crippen LogP contribution in [0.2, 0.25) is 0 Å². The molecule has 0 aliphatic heterocycles. The summed E-state index contributed by atoms with van der Waals surface area (Å²) in [5.74, 6) is -0.0664. The van der Waals surface area contributed by atoms with Gasteiger partial charge in [0.05, 0.1) is 12.9 Å². The molecule has 0 unspecified atom stereocenters. The molecule has 0 fully saturated rings. The third-order valence-corrected chi connectivity index (χ3v) is 3.54. The lowest BCUT2D eigenvalue weighted by Crippen LogP contribution is -2.35. The van der Waals surface area contributed by atoms with E-state index in [2.05, 4.69) is 15.4 Å². The molecular formula is C17H19N5O. The first kappa shape index (κ1) is 15.0. The summed E-state index contributed by atoms with van der Waals surface area (Å²) >= 11 is 0. The zero-order valence-corrected chi connectivity index (χ0v) is 13.0. The highest BCUT2D eigenvalue weighted by Gasteiger charge is 2.10. The Bertz CT molecular complexity index is 732. The SMILES string of the molecule is C[C@@H](Cn1ccnc1)NC(=O)c1ccc(Cn2cccn2)cc1. The van der Waals surface area contributed by atoms with E-state index < -0.39 is 0 Å². The van der Waals surface area contributed by atoms with Gasteiger partial charge in [0.25, 0.3) is 5.91 Å². The minimum Gasteiger partial charge on any atom is -0.348 e. The van der Waals surface area contributed by atoms with Crippen LogP contribution in [0.25, 0.3) is 0 Å². The number of hydrogen-bond acceptors (Lipinski definition) is 3. The number of rotatable bonds is 6. The summed E-state index contributed by atoms with van der Waals surface area (Å²) in [5, 5.41) is 7.17. The first-order valence-corrected chi connectivity index (χ1v) is 7.53. The Morgan fingerprint density at radius 2 is 2.04 bits per heavy atom. The van der Waals surface area contributed by atoms with Crippen molar-refractivity contribution in [2.24, 2.45) is 0 Å². The summed E-state index contributed by atoms with van der Waals surface area (Å²) in [6, 6.07) is 9.52. The van der Waals surface area contributed by atoms with E-state index in [9.17, 15) is 4.79 Å². The Hall–Kier alpha value is -2.89. The molecule has 1 N–H and O–H groups in total. The number of nitrogens with one attached hydrogen (secondary N) is 1. The maximum absolute atomic E-state index is 12.3. The van der Waals surface area contributed by atoms with Gasteiger partial charge in [-0.1, -0.05) is 12.1 Å². The molecule has 0 bridgehead atoms. The first-order chi connectivity index (χ1) is 11.2. The Kier molecular flexibility index (Phi) is 4.52. The van der Waals surface area contributed by atoms with Crippen molar-refractivity contribution in [1.82, 2.24) is 24.6 Å². The Morgan fingerprint density at radius 3 is 2.70 bits per heavy atom. The molecule has 6 heteroatoms. The second-order valence-electron chi connectivity index (χ2n) is 5.53. The van der Waals surface area contributed by atoms with Crippen molar-refractivity contribution < 1.29 is 4.79 Å². The van der Waals surface area contributed by atoms with Crippen molar-refractivity contribution in [3.05, 3.63) is 72.6 Å². The second kappa shape index (κ2) is 6.91. The van der Waals surface area contributed by atoms with Crippen LogP contribution in [-0.4, -0.2) is 31.3 Å². The summed E-state index contributed by atoms with van der Waals surface area (Å²) in [6.45, 7) is 3.37. The second-order valence-corrected chi connectivity index (χ2v) is 5.53. The zero-order valence-electron chi connectivity index (χ0n) is 13.0. The van der Waals surface area contributed by atoms with Crippen LogP contribution in [-0.2, 0) is 13.1 Å². The fourth-order valence-corrected chi connectivity index (χ4v) is 2.41. The van der Waals surface area contributed by atoms with Crippen LogP contribution in [0, 0.1) is 0 Å². The van der Waals surface area contributed by atoms with E-state index in [0.29, 0.717) is 18.7 Å². The molecule has 1 aromatic carbocycles. The van der Waals surface area contributed by atoms with E-state index in [1.807, 2.05) is 58.9 Å². The number of imidazole rings is 1. The molecule has 3 rings (SSSR count). The average molecular weight is 309 g/mol. The lowest BCUT2D eigenvalue weighted by Gasteiger charge is -2.14. The molecule has 23 heavy (non-hydrogen) atoms. The van der Waals surface area contributed by atoms with E-state index in [1.165, 1.54) is 0 Å². The highest BCUT2D eigenvalue weighted by Crippen LogP contribution is 2.07. The van der Waals surface area contributed by atoms with Gasteiger partial charge in [0.1, 0.15) is 0 Å². The molecule has 0 saturated heterocycles. The molecule has 3 aromatic rings. The molecule has 0 aliphatic rings. The predicted octanol–water partition coefficient (Wildman–Crippen LogP) is 1.95. The molecule has 118 valence electrons. The normalized spacial score (nSPS) is 12.0. The monoisotopic (exact) mass is 309 g/mol. The van der Waals surface area contributed by atoms with E-state index in [4.69, 9.17) is 0 Å². The number of aromatic nitrogens is 4. The molecular weight excluding hydrogens is 290 g/mol. The minimum atomic E-state index is -0.0664. The first-order valence-electron chi connectivity index (χ1n) is 7.53. The van der Waals surface area contributed by atoms with Crippen molar-refractivity contribution in [3.8, 4) is 0 Å². The molecule has 1 amide bonds. The molecule has 1 atom stereocenters. The van der Waals surface area contributed by atoms with Crippen LogP contribution < -0.4 is 5.32 Å². The summed E-state index contributed by atoms with van der Waals surface area (Å²) in [4.78, 5) is 16.3. The molecule has 0 spiro atoms. The smallest absolute Gasteiger partial charge is 0.251 e. The van der Waals surface area contributed by atoms with Gasteiger partial charge in [-0.15, -0.1) is 0 Å². The van der Waals surface area contributed by atoms with E-state index in [0.717, 1.165) is 5.56 Å². The molecule has 6 nitrogen and oxygen atoms in total. The van der Waals surface area contributed by atoms with Crippen LogP contribution in [0.15, 0.2) is 61.4 Å². The third-order valence-electron chi connectivity index (χ3n) is 3.54. The number of amides is 1. The van der Waals surface area contributed by atoms with E-state index in [1.54, 1.807) is 18.7 Å². The fraction of sp³-hybridized carbons (Fsp3) is 0.235. The lowest BCUT2D eigenvalue weighted by molar-refractivity contribution is 0.0936. The quantitative estimate of drug-likeness (QED) is 0.757. The van der Waals surface area contributed by atoms with Gasteiger partial charge in [0, 0.05) is 42.9 Å². The standard InChI is InChI=1S/C17H19N5O/c1-14(11-21-10-8-18-13-21)20-17(23)16-5-3-15(4-6-16)12-22-9-2-7-19-22/h2-10,13-14H,11-12H2,1H3,(H,20,23)/t14-/m0/s1. The van der Waals surface area contributed by atoms with Gasteiger partial charge < -0.3 is 9.88 Å². The predicted molar refractivity (Wildman–Crippen MR) is 86.9 cm³/mol. The third kappa shape index (κ3) is 4.06. The average Bonchev–Trinajstić information content (AvgIpc) is 3.21. The number of benzene rings is 1. The van der Waals surface area contributed by atoms with Crippen molar-refractivity contribution in [2.45, 2.75) is 26.1 Å². The number of carbonyl (C=O) groups is 1. The van der Waals surface area contributed by atoms with Gasteiger partial charge in [0.2, 0.25) is 0 Å². The fourth-order valence-electron chi connectivity index (χ4n) is 2.41. The number of hydrogen-bond donors (Lipinski definition) is 1. The van der Waals surface area contributed by atoms with Crippen LogP contribution >= 0.6 is 0 Å². The largest absolute Gasteiger partial charge is 0.348 e. The summed E-state index contributed by atoms with van der Waals surface area (Å²) in [6.07, 6.45) is 9.02. The van der Waals surface area contributed by atoms with Gasteiger partial charge in [-0.25, -0.2) is 4.98 Å².